The smallest absolute Gasteiger partial charge is 0.295 e. The third kappa shape index (κ3) is 5.36. The molecule has 0 radical (unpaired) electrons. The van der Waals surface area contributed by atoms with Gasteiger partial charge in [-0.1, -0.05) is 54.6 Å². The van der Waals surface area contributed by atoms with Gasteiger partial charge in [-0.05, 0) is 72.6 Å². The Kier molecular flexibility index (Phi) is 7.89. The molecule has 2 aliphatic rings. The van der Waals surface area contributed by atoms with Gasteiger partial charge in [-0.3, -0.25) is 9.59 Å². The second-order valence-electron chi connectivity index (χ2n) is 9.87. The van der Waals surface area contributed by atoms with E-state index in [0.717, 1.165) is 36.8 Å². The summed E-state index contributed by atoms with van der Waals surface area (Å²) in [5.41, 5.74) is 5.00. The summed E-state index contributed by atoms with van der Waals surface area (Å²) in [6.45, 7) is 1.25. The van der Waals surface area contributed by atoms with Crippen molar-refractivity contribution in [3.8, 4) is 5.75 Å². The number of amides is 1. The maximum Gasteiger partial charge on any atom is 0.295 e. The molecule has 1 saturated heterocycles. The van der Waals surface area contributed by atoms with Crippen LogP contribution in [0.1, 0.15) is 53.1 Å². The number of likely N-dealkylation sites (tertiary alicyclic amines) is 1. The molecule has 3 aromatic carbocycles. The van der Waals surface area contributed by atoms with E-state index < -0.39 is 17.7 Å². The van der Waals surface area contributed by atoms with Gasteiger partial charge in [0.15, 0.2) is 0 Å². The summed E-state index contributed by atoms with van der Waals surface area (Å²) in [4.78, 5) is 28.0. The van der Waals surface area contributed by atoms with E-state index in [1.807, 2.05) is 72.8 Å². The molecule has 1 N–H and O–H groups in total. The summed E-state index contributed by atoms with van der Waals surface area (Å²) in [7, 11) is 1.61. The highest BCUT2D eigenvalue weighted by molar-refractivity contribution is 6.46. The average molecular weight is 512 g/mol. The van der Waals surface area contributed by atoms with Gasteiger partial charge >= 0.3 is 0 Å². The van der Waals surface area contributed by atoms with Crippen molar-refractivity contribution in [1.82, 2.24) is 4.90 Å². The molecule has 1 amide bonds. The lowest BCUT2D eigenvalue weighted by Gasteiger charge is -2.25. The van der Waals surface area contributed by atoms with Crippen LogP contribution in [0.5, 0.6) is 5.75 Å². The summed E-state index contributed by atoms with van der Waals surface area (Å²) in [5.74, 6) is -0.703. The van der Waals surface area contributed by atoms with E-state index >= 15 is 0 Å². The van der Waals surface area contributed by atoms with Gasteiger partial charge in [-0.25, -0.2) is 0 Å². The zero-order valence-corrected chi connectivity index (χ0v) is 21.7. The molecular formula is C32H33NO5. The lowest BCUT2D eigenvalue weighted by atomic mass is 9.88. The van der Waals surface area contributed by atoms with Crippen LogP contribution in [0.3, 0.4) is 0 Å². The molecule has 0 aromatic heterocycles. The van der Waals surface area contributed by atoms with Gasteiger partial charge in [0.25, 0.3) is 11.7 Å². The van der Waals surface area contributed by atoms with Crippen LogP contribution in [0.25, 0.3) is 5.76 Å². The Morgan fingerprint density at radius 3 is 2.42 bits per heavy atom. The van der Waals surface area contributed by atoms with Gasteiger partial charge in [-0.2, -0.15) is 0 Å². The van der Waals surface area contributed by atoms with Crippen molar-refractivity contribution in [2.24, 2.45) is 0 Å². The number of aliphatic hydroxyl groups is 1. The predicted molar refractivity (Wildman–Crippen MR) is 146 cm³/mol. The fourth-order valence-electron chi connectivity index (χ4n) is 5.36. The van der Waals surface area contributed by atoms with Crippen molar-refractivity contribution in [2.45, 2.75) is 44.8 Å². The maximum absolute atomic E-state index is 13.3. The molecule has 6 heteroatoms. The molecule has 1 heterocycles. The van der Waals surface area contributed by atoms with Crippen LogP contribution in [0.4, 0.5) is 0 Å². The molecule has 6 nitrogen and oxygen atoms in total. The standard InChI is InChI=1S/C32H33NO5/c1-37-19-7-18-33-29(24-14-16-27(17-15-24)38-21-22-8-3-2-4-9-22)28(31(35)32(33)36)30(34)26-13-12-23-10-5-6-11-25(23)20-26/h2-4,8-9,12-17,20,29,34H,5-7,10-11,18-19,21H2,1H3/b30-28-. The minimum Gasteiger partial charge on any atom is -0.507 e. The molecule has 1 atom stereocenters. The Morgan fingerprint density at radius 1 is 0.947 bits per heavy atom. The number of hydrogen-bond donors (Lipinski definition) is 1. The molecule has 0 bridgehead atoms. The van der Waals surface area contributed by atoms with Gasteiger partial charge in [0, 0.05) is 25.8 Å². The quantitative estimate of drug-likeness (QED) is 0.175. The molecule has 0 saturated carbocycles. The first-order valence-corrected chi connectivity index (χ1v) is 13.2. The molecule has 1 fully saturated rings. The van der Waals surface area contributed by atoms with E-state index in [0.29, 0.717) is 37.5 Å². The maximum atomic E-state index is 13.3. The number of ether oxygens (including phenoxy) is 2. The lowest BCUT2D eigenvalue weighted by molar-refractivity contribution is -0.140. The normalized spacial score (nSPS) is 18.4. The molecule has 3 aromatic rings. The largest absolute Gasteiger partial charge is 0.507 e. The Bertz CT molecular complexity index is 1330. The molecule has 196 valence electrons. The molecule has 5 rings (SSSR count). The Hall–Kier alpha value is -3.90. The SMILES string of the molecule is COCCCN1C(=O)C(=O)/C(=C(\O)c2ccc3c(c2)CCCC3)C1c1ccc(OCc2ccccc2)cc1. The summed E-state index contributed by atoms with van der Waals surface area (Å²) in [5, 5.41) is 11.4. The van der Waals surface area contributed by atoms with Gasteiger partial charge in [-0.15, -0.1) is 0 Å². The minimum atomic E-state index is -0.689. The highest BCUT2D eigenvalue weighted by Gasteiger charge is 2.45. The third-order valence-electron chi connectivity index (χ3n) is 7.35. The fraction of sp³-hybridized carbons (Fsp3) is 0.312. The Morgan fingerprint density at radius 2 is 1.68 bits per heavy atom. The van der Waals surface area contributed by atoms with Crippen molar-refractivity contribution in [1.29, 1.82) is 0 Å². The number of ketones is 1. The molecular weight excluding hydrogens is 478 g/mol. The molecule has 38 heavy (non-hydrogen) atoms. The first kappa shape index (κ1) is 25.7. The van der Waals surface area contributed by atoms with Gasteiger partial charge in [0.05, 0.1) is 11.6 Å². The topological polar surface area (TPSA) is 76.1 Å². The van der Waals surface area contributed by atoms with Crippen molar-refractivity contribution in [3.63, 3.8) is 0 Å². The van der Waals surface area contributed by atoms with Crippen LogP contribution in [0.15, 0.2) is 78.4 Å². The zero-order chi connectivity index (χ0) is 26.5. The molecule has 1 unspecified atom stereocenters. The minimum absolute atomic E-state index is 0.125. The number of Topliss-reactive ketones (excluding diaryl/α,β-unsaturated/α-hetero) is 1. The zero-order valence-electron chi connectivity index (χ0n) is 21.7. The Balaban J connectivity index is 1.47. The number of carbonyl (C=O) groups excluding carboxylic acids is 2. The van der Waals surface area contributed by atoms with E-state index in [1.54, 1.807) is 12.0 Å². The monoisotopic (exact) mass is 511 g/mol. The van der Waals surface area contributed by atoms with Gasteiger partial charge < -0.3 is 19.5 Å². The molecule has 0 spiro atoms. The van der Waals surface area contributed by atoms with Crippen molar-refractivity contribution in [2.75, 3.05) is 20.3 Å². The fourth-order valence-corrected chi connectivity index (χ4v) is 5.36. The van der Waals surface area contributed by atoms with E-state index in [2.05, 4.69) is 0 Å². The van der Waals surface area contributed by atoms with Gasteiger partial charge in [0.2, 0.25) is 0 Å². The van der Waals surface area contributed by atoms with Crippen LogP contribution in [-0.2, 0) is 33.8 Å². The van der Waals surface area contributed by atoms with Crippen molar-refractivity contribution < 1.29 is 24.2 Å². The van der Waals surface area contributed by atoms with Crippen LogP contribution >= 0.6 is 0 Å². The Labute approximate surface area is 223 Å². The number of benzene rings is 3. The first-order chi connectivity index (χ1) is 18.6. The second-order valence-corrected chi connectivity index (χ2v) is 9.87. The van der Waals surface area contributed by atoms with Crippen LogP contribution < -0.4 is 4.74 Å². The number of carbonyl (C=O) groups is 2. The summed E-state index contributed by atoms with van der Waals surface area (Å²) in [6, 6.07) is 22.5. The van der Waals surface area contributed by atoms with Crippen LogP contribution in [-0.4, -0.2) is 42.0 Å². The number of aliphatic hydroxyl groups excluding tert-OH is 1. The number of hydrogen-bond acceptors (Lipinski definition) is 5. The highest BCUT2D eigenvalue weighted by Crippen LogP contribution is 2.40. The number of rotatable bonds is 9. The van der Waals surface area contributed by atoms with E-state index in [1.165, 1.54) is 11.1 Å². The lowest BCUT2D eigenvalue weighted by Crippen LogP contribution is -2.31. The van der Waals surface area contributed by atoms with Crippen molar-refractivity contribution in [3.05, 3.63) is 106 Å². The van der Waals surface area contributed by atoms with E-state index in [-0.39, 0.29) is 11.3 Å². The van der Waals surface area contributed by atoms with Gasteiger partial charge in [0.1, 0.15) is 18.1 Å². The third-order valence-corrected chi connectivity index (χ3v) is 7.35. The number of aryl methyl sites for hydroxylation is 2. The predicted octanol–water partition coefficient (Wildman–Crippen LogP) is 5.60. The molecule has 1 aliphatic heterocycles. The van der Waals surface area contributed by atoms with Crippen LogP contribution in [0.2, 0.25) is 0 Å². The summed E-state index contributed by atoms with van der Waals surface area (Å²) in [6.07, 6.45) is 4.83. The van der Waals surface area contributed by atoms with E-state index in [4.69, 9.17) is 9.47 Å². The second kappa shape index (κ2) is 11.7. The van der Waals surface area contributed by atoms with Crippen molar-refractivity contribution >= 4 is 17.4 Å². The number of methoxy groups -OCH3 is 1. The summed E-state index contributed by atoms with van der Waals surface area (Å²) < 4.78 is 11.1. The number of nitrogens with zero attached hydrogens (tertiary/aromatic N) is 1. The highest BCUT2D eigenvalue weighted by atomic mass is 16.5. The first-order valence-electron chi connectivity index (χ1n) is 13.2. The average Bonchev–Trinajstić information content (AvgIpc) is 3.21. The van der Waals surface area contributed by atoms with Crippen LogP contribution in [0, 0.1) is 0 Å². The van der Waals surface area contributed by atoms with E-state index in [9.17, 15) is 14.7 Å². The summed E-state index contributed by atoms with van der Waals surface area (Å²) >= 11 is 0. The molecule has 1 aliphatic carbocycles. The number of fused-ring (bicyclic) bond motifs is 1.